The van der Waals surface area contributed by atoms with Gasteiger partial charge in [-0.1, -0.05) is 12.1 Å². The summed E-state index contributed by atoms with van der Waals surface area (Å²) in [5.74, 6) is -1.70. The molecule has 0 atom stereocenters. The number of rotatable bonds is 6. The van der Waals surface area contributed by atoms with Gasteiger partial charge in [-0.2, -0.15) is 0 Å². The monoisotopic (exact) mass is 444 g/mol. The van der Waals surface area contributed by atoms with Crippen molar-refractivity contribution in [2.45, 2.75) is 6.92 Å². The average Bonchev–Trinajstić information content (AvgIpc) is 3.09. The van der Waals surface area contributed by atoms with Crippen LogP contribution in [0.2, 0.25) is 0 Å². The van der Waals surface area contributed by atoms with Gasteiger partial charge in [-0.3, -0.25) is 9.59 Å². The number of para-hydroxylation sites is 1. The molecule has 2 heterocycles. The summed E-state index contributed by atoms with van der Waals surface area (Å²) in [5, 5.41) is 5.05. The van der Waals surface area contributed by atoms with Crippen molar-refractivity contribution in [1.29, 1.82) is 0 Å². The summed E-state index contributed by atoms with van der Waals surface area (Å²) in [4.78, 5) is 39.9. The van der Waals surface area contributed by atoms with Gasteiger partial charge in [0.15, 0.2) is 12.3 Å². The Hall–Kier alpha value is -3.20. The van der Waals surface area contributed by atoms with Gasteiger partial charge in [-0.25, -0.2) is 9.78 Å². The molecule has 0 saturated carbocycles. The second-order valence-electron chi connectivity index (χ2n) is 5.98. The number of hydrogen-bond acceptors (Lipinski definition) is 5. The molecule has 0 unspecified atom stereocenters. The summed E-state index contributed by atoms with van der Waals surface area (Å²) < 4.78 is 7.37. The number of nitrogens with one attached hydrogen (secondary N) is 2. The third-order valence-electron chi connectivity index (χ3n) is 3.75. The second-order valence-corrected chi connectivity index (χ2v) is 6.83. The predicted octanol–water partition coefficient (Wildman–Crippen LogP) is 2.32. The number of ether oxygens (including phenoxy) is 1. The number of imidazole rings is 1. The van der Waals surface area contributed by atoms with Gasteiger partial charge in [0.1, 0.15) is 5.65 Å². The Morgan fingerprint density at radius 1 is 1.18 bits per heavy atom. The van der Waals surface area contributed by atoms with Gasteiger partial charge in [-0.15, -0.1) is 0 Å². The van der Waals surface area contributed by atoms with Gasteiger partial charge >= 0.3 is 5.97 Å². The number of anilines is 1. The Morgan fingerprint density at radius 2 is 1.96 bits per heavy atom. The lowest BCUT2D eigenvalue weighted by Gasteiger charge is -2.08. The number of esters is 1. The zero-order chi connectivity index (χ0) is 20.1. The normalized spacial score (nSPS) is 10.5. The van der Waals surface area contributed by atoms with Gasteiger partial charge in [-0.05, 0) is 52.7 Å². The van der Waals surface area contributed by atoms with Crippen molar-refractivity contribution in [2.24, 2.45) is 0 Å². The third kappa shape index (κ3) is 4.95. The number of hydrogen-bond donors (Lipinski definition) is 2. The second kappa shape index (κ2) is 8.66. The number of fused-ring (bicyclic) bond motifs is 1. The molecule has 2 aromatic heterocycles. The number of pyridine rings is 1. The van der Waals surface area contributed by atoms with E-state index in [1.807, 2.05) is 25.1 Å². The van der Waals surface area contributed by atoms with Crippen molar-refractivity contribution in [3.63, 3.8) is 0 Å². The van der Waals surface area contributed by atoms with Crippen LogP contribution in [0.25, 0.3) is 5.65 Å². The lowest BCUT2D eigenvalue weighted by atomic mass is 10.3. The Labute approximate surface area is 169 Å². The molecule has 0 aliphatic heterocycles. The topological polar surface area (TPSA) is 102 Å². The van der Waals surface area contributed by atoms with E-state index in [-0.39, 0.29) is 12.2 Å². The number of nitrogens with zero attached hydrogens (tertiary/aromatic N) is 2. The molecule has 2 amide bonds. The maximum atomic E-state index is 12.1. The molecular formula is C19H17BrN4O4. The SMILES string of the molecule is Cc1ccn2cc(C(=O)OCC(=O)NCC(=O)Nc3ccccc3Br)nc2c1. The largest absolute Gasteiger partial charge is 0.451 e. The Kier molecular flexibility index (Phi) is 6.05. The summed E-state index contributed by atoms with van der Waals surface area (Å²) in [5.41, 5.74) is 2.32. The average molecular weight is 445 g/mol. The van der Waals surface area contributed by atoms with Crippen molar-refractivity contribution in [3.8, 4) is 0 Å². The van der Waals surface area contributed by atoms with Crippen LogP contribution in [0.3, 0.4) is 0 Å². The molecule has 0 aliphatic rings. The number of aromatic nitrogens is 2. The standard InChI is InChI=1S/C19H17BrN4O4/c1-12-6-7-24-10-15(22-16(24)8-12)19(27)28-11-18(26)21-9-17(25)23-14-5-3-2-4-13(14)20/h2-8,10H,9,11H2,1H3,(H,21,26)(H,23,25). The van der Waals surface area contributed by atoms with Crippen molar-refractivity contribution in [2.75, 3.05) is 18.5 Å². The number of carbonyl (C=O) groups is 3. The van der Waals surface area contributed by atoms with Gasteiger partial charge in [0.05, 0.1) is 12.2 Å². The summed E-state index contributed by atoms with van der Waals surface area (Å²) >= 11 is 3.32. The highest BCUT2D eigenvalue weighted by Crippen LogP contribution is 2.20. The van der Waals surface area contributed by atoms with Crippen molar-refractivity contribution >= 4 is 45.0 Å². The first-order chi connectivity index (χ1) is 13.4. The molecule has 8 nitrogen and oxygen atoms in total. The highest BCUT2D eigenvalue weighted by molar-refractivity contribution is 9.10. The minimum Gasteiger partial charge on any atom is -0.451 e. The number of benzene rings is 1. The van der Waals surface area contributed by atoms with E-state index >= 15 is 0 Å². The molecule has 0 saturated heterocycles. The van der Waals surface area contributed by atoms with E-state index in [1.165, 1.54) is 6.20 Å². The first-order valence-corrected chi connectivity index (χ1v) is 9.15. The molecule has 0 bridgehead atoms. The summed E-state index contributed by atoms with van der Waals surface area (Å²) in [6.45, 7) is 1.17. The molecule has 2 N–H and O–H groups in total. The zero-order valence-electron chi connectivity index (χ0n) is 14.9. The molecular weight excluding hydrogens is 428 g/mol. The smallest absolute Gasteiger partial charge is 0.359 e. The molecule has 0 radical (unpaired) electrons. The Bertz CT molecular complexity index is 1050. The van der Waals surface area contributed by atoms with Crippen LogP contribution in [-0.4, -0.2) is 40.3 Å². The minimum atomic E-state index is -0.714. The van der Waals surface area contributed by atoms with Gasteiger partial charge < -0.3 is 19.8 Å². The van der Waals surface area contributed by atoms with E-state index < -0.39 is 24.4 Å². The van der Waals surface area contributed by atoms with Crippen molar-refractivity contribution in [3.05, 3.63) is 64.5 Å². The molecule has 3 rings (SSSR count). The van der Waals surface area contributed by atoms with Crippen molar-refractivity contribution < 1.29 is 19.1 Å². The van der Waals surface area contributed by atoms with E-state index in [1.54, 1.807) is 28.8 Å². The van der Waals surface area contributed by atoms with Gasteiger partial charge in [0.25, 0.3) is 5.91 Å². The quantitative estimate of drug-likeness (QED) is 0.568. The lowest BCUT2D eigenvalue weighted by molar-refractivity contribution is -0.126. The fraction of sp³-hybridized carbons (Fsp3) is 0.158. The number of amides is 2. The number of aryl methyl sites for hydroxylation is 1. The molecule has 9 heteroatoms. The molecule has 144 valence electrons. The first-order valence-electron chi connectivity index (χ1n) is 8.36. The highest BCUT2D eigenvalue weighted by atomic mass is 79.9. The summed E-state index contributed by atoms with van der Waals surface area (Å²) in [7, 11) is 0. The van der Waals surface area contributed by atoms with Crippen LogP contribution < -0.4 is 10.6 Å². The molecule has 3 aromatic rings. The molecule has 1 aromatic carbocycles. The van der Waals surface area contributed by atoms with Crippen LogP contribution in [-0.2, 0) is 14.3 Å². The van der Waals surface area contributed by atoms with Crippen LogP contribution in [0.4, 0.5) is 5.69 Å². The molecule has 0 fully saturated rings. The minimum absolute atomic E-state index is 0.102. The summed E-state index contributed by atoms with van der Waals surface area (Å²) in [6.07, 6.45) is 3.31. The maximum Gasteiger partial charge on any atom is 0.359 e. The number of carbonyl (C=O) groups excluding carboxylic acids is 3. The van der Waals surface area contributed by atoms with E-state index in [4.69, 9.17) is 4.74 Å². The van der Waals surface area contributed by atoms with E-state index in [2.05, 4.69) is 31.5 Å². The Balaban J connectivity index is 1.46. The predicted molar refractivity (Wildman–Crippen MR) is 106 cm³/mol. The van der Waals surface area contributed by atoms with Crippen LogP contribution in [0.15, 0.2) is 53.3 Å². The third-order valence-corrected chi connectivity index (χ3v) is 4.44. The fourth-order valence-corrected chi connectivity index (χ4v) is 2.76. The maximum absolute atomic E-state index is 12.1. The van der Waals surface area contributed by atoms with Gasteiger partial charge in [0.2, 0.25) is 5.91 Å². The molecule has 0 aliphatic carbocycles. The summed E-state index contributed by atoms with van der Waals surface area (Å²) in [6, 6.07) is 10.8. The zero-order valence-corrected chi connectivity index (χ0v) is 16.5. The van der Waals surface area contributed by atoms with Crippen LogP contribution >= 0.6 is 15.9 Å². The van der Waals surface area contributed by atoms with Crippen LogP contribution in [0.5, 0.6) is 0 Å². The fourth-order valence-electron chi connectivity index (χ4n) is 2.37. The van der Waals surface area contributed by atoms with E-state index in [0.29, 0.717) is 11.3 Å². The Morgan fingerprint density at radius 3 is 2.75 bits per heavy atom. The first kappa shape index (κ1) is 19.6. The van der Waals surface area contributed by atoms with Gasteiger partial charge in [0, 0.05) is 16.9 Å². The molecule has 0 spiro atoms. The van der Waals surface area contributed by atoms with Crippen LogP contribution in [0.1, 0.15) is 16.1 Å². The van der Waals surface area contributed by atoms with Crippen molar-refractivity contribution in [1.82, 2.24) is 14.7 Å². The lowest BCUT2D eigenvalue weighted by Crippen LogP contribution is -2.35. The van der Waals surface area contributed by atoms with Crippen LogP contribution in [0, 0.1) is 6.92 Å². The number of halogens is 1. The van der Waals surface area contributed by atoms with E-state index in [0.717, 1.165) is 10.0 Å². The van der Waals surface area contributed by atoms with E-state index in [9.17, 15) is 14.4 Å². The molecule has 28 heavy (non-hydrogen) atoms. The highest BCUT2D eigenvalue weighted by Gasteiger charge is 2.15.